The number of nitrogens with one attached hydrogen (secondary N) is 1. The number of hydrogen-bond donors (Lipinski definition) is 1. The van der Waals surface area contributed by atoms with Gasteiger partial charge in [0, 0.05) is 5.69 Å². The average Bonchev–Trinajstić information content (AvgIpc) is 2.35. The molecule has 17 heavy (non-hydrogen) atoms. The molecule has 1 N–H and O–H groups in total. The zero-order chi connectivity index (χ0) is 12.5. The maximum Gasteiger partial charge on any atom is 0.234 e. The molecule has 5 heteroatoms. The molecule has 0 spiro atoms. The Morgan fingerprint density at radius 3 is 2.65 bits per heavy atom. The molecule has 0 aliphatic heterocycles. The van der Waals surface area contributed by atoms with E-state index in [1.165, 1.54) is 11.8 Å². The summed E-state index contributed by atoms with van der Waals surface area (Å²) in [7, 11) is 0. The highest BCUT2D eigenvalue weighted by Crippen LogP contribution is 2.14. The minimum atomic E-state index is -0.443. The number of anilines is 1. The molecule has 0 aliphatic rings. The van der Waals surface area contributed by atoms with E-state index in [9.17, 15) is 4.79 Å². The molecule has 1 rings (SSSR count). The van der Waals surface area contributed by atoms with Gasteiger partial charge in [0.15, 0.2) is 0 Å². The van der Waals surface area contributed by atoms with Crippen molar-refractivity contribution in [3.63, 3.8) is 0 Å². The number of rotatable bonds is 5. The fourth-order valence-corrected chi connectivity index (χ4v) is 1.81. The molecule has 0 fully saturated rings. The molecule has 0 saturated carbocycles. The van der Waals surface area contributed by atoms with Crippen LogP contribution in [-0.4, -0.2) is 16.9 Å². The van der Waals surface area contributed by atoms with E-state index in [2.05, 4.69) is 5.32 Å². The first-order valence-corrected chi connectivity index (χ1v) is 6.04. The molecule has 0 saturated heterocycles. The monoisotopic (exact) mass is 245 g/mol. The lowest BCUT2D eigenvalue weighted by Gasteiger charge is -2.06. The van der Waals surface area contributed by atoms with Crippen LogP contribution in [0.3, 0.4) is 0 Å². The Morgan fingerprint density at radius 2 is 2.06 bits per heavy atom. The molecular weight excluding hydrogens is 234 g/mol. The highest BCUT2D eigenvalue weighted by atomic mass is 32.2. The molecule has 4 nitrogen and oxygen atoms in total. The third kappa shape index (κ3) is 5.05. The highest BCUT2D eigenvalue weighted by Gasteiger charge is 2.10. The van der Waals surface area contributed by atoms with Crippen molar-refractivity contribution in [1.82, 2.24) is 0 Å². The maximum absolute atomic E-state index is 11.5. The molecule has 0 heterocycles. The number of nitriles is 2. The molecule has 0 aromatic heterocycles. The molecular formula is C12H11N3OS. The lowest BCUT2D eigenvalue weighted by molar-refractivity contribution is -0.113. The van der Waals surface area contributed by atoms with Crippen molar-refractivity contribution >= 4 is 23.4 Å². The zero-order valence-corrected chi connectivity index (χ0v) is 9.91. The minimum Gasteiger partial charge on any atom is -0.325 e. The summed E-state index contributed by atoms with van der Waals surface area (Å²) in [6, 6.07) is 13.0. The van der Waals surface area contributed by atoms with Crippen molar-refractivity contribution < 1.29 is 4.79 Å². The second kappa shape index (κ2) is 7.32. The first-order chi connectivity index (χ1) is 8.26. The van der Waals surface area contributed by atoms with Gasteiger partial charge in [-0.25, -0.2) is 0 Å². The normalized spacial score (nSPS) is 10.9. The molecule has 0 radical (unpaired) electrons. The van der Waals surface area contributed by atoms with Gasteiger partial charge in [0.25, 0.3) is 0 Å². The third-order valence-electron chi connectivity index (χ3n) is 1.89. The van der Waals surface area contributed by atoms with E-state index in [0.717, 1.165) is 5.69 Å². The summed E-state index contributed by atoms with van der Waals surface area (Å²) in [6.45, 7) is 0. The second-order valence-corrected chi connectivity index (χ2v) is 4.40. The van der Waals surface area contributed by atoms with Crippen molar-refractivity contribution in [2.24, 2.45) is 0 Å². The quantitative estimate of drug-likeness (QED) is 0.862. The lowest BCUT2D eigenvalue weighted by atomic mass is 10.3. The predicted octanol–water partition coefficient (Wildman–Crippen LogP) is 2.16. The first kappa shape index (κ1) is 13.1. The fourth-order valence-electron chi connectivity index (χ4n) is 1.12. The van der Waals surface area contributed by atoms with Crippen LogP contribution >= 0.6 is 11.8 Å². The van der Waals surface area contributed by atoms with Crippen molar-refractivity contribution in [3.05, 3.63) is 30.3 Å². The van der Waals surface area contributed by atoms with Crippen LogP contribution < -0.4 is 5.32 Å². The summed E-state index contributed by atoms with van der Waals surface area (Å²) in [5.41, 5.74) is 0.729. The summed E-state index contributed by atoms with van der Waals surface area (Å²) in [5.74, 6) is 0.00817. The van der Waals surface area contributed by atoms with Crippen LogP contribution in [0, 0.1) is 22.7 Å². The van der Waals surface area contributed by atoms with Gasteiger partial charge in [0.1, 0.15) is 5.25 Å². The van der Waals surface area contributed by atoms with E-state index in [0.29, 0.717) is 0 Å². The Bertz CT molecular complexity index is 447. The highest BCUT2D eigenvalue weighted by molar-refractivity contribution is 8.00. The lowest BCUT2D eigenvalue weighted by Crippen LogP contribution is -2.16. The molecule has 86 valence electrons. The Morgan fingerprint density at radius 1 is 1.35 bits per heavy atom. The SMILES string of the molecule is N#CCC(C#N)SCC(=O)Nc1ccccc1. The second-order valence-electron chi connectivity index (χ2n) is 3.21. The van der Waals surface area contributed by atoms with Crippen molar-refractivity contribution in [3.8, 4) is 12.1 Å². The van der Waals surface area contributed by atoms with E-state index >= 15 is 0 Å². The first-order valence-electron chi connectivity index (χ1n) is 4.99. The van der Waals surface area contributed by atoms with Gasteiger partial charge in [-0.1, -0.05) is 18.2 Å². The molecule has 0 bridgehead atoms. The van der Waals surface area contributed by atoms with Gasteiger partial charge in [-0.2, -0.15) is 10.5 Å². The minimum absolute atomic E-state index is 0.139. The Hall–Kier alpha value is -1.98. The molecule has 1 atom stereocenters. The van der Waals surface area contributed by atoms with E-state index in [1.54, 1.807) is 12.1 Å². The number of nitrogens with zero attached hydrogens (tertiary/aromatic N) is 2. The molecule has 1 aromatic rings. The van der Waals surface area contributed by atoms with E-state index in [-0.39, 0.29) is 18.1 Å². The van der Waals surface area contributed by atoms with Crippen LogP contribution in [0.25, 0.3) is 0 Å². The number of benzene rings is 1. The van der Waals surface area contributed by atoms with Crippen LogP contribution in [0.4, 0.5) is 5.69 Å². The van der Waals surface area contributed by atoms with Gasteiger partial charge in [-0.05, 0) is 12.1 Å². The average molecular weight is 245 g/mol. The van der Waals surface area contributed by atoms with E-state index in [4.69, 9.17) is 10.5 Å². The van der Waals surface area contributed by atoms with Crippen LogP contribution in [0.15, 0.2) is 30.3 Å². The molecule has 1 aromatic carbocycles. The number of thioether (sulfide) groups is 1. The predicted molar refractivity (Wildman–Crippen MR) is 67.2 cm³/mol. The fraction of sp³-hybridized carbons (Fsp3) is 0.250. The van der Waals surface area contributed by atoms with Crippen LogP contribution in [0.1, 0.15) is 6.42 Å². The van der Waals surface area contributed by atoms with Gasteiger partial charge >= 0.3 is 0 Å². The standard InChI is InChI=1S/C12H11N3OS/c13-7-6-11(8-14)17-9-12(16)15-10-4-2-1-3-5-10/h1-5,11H,6,9H2,(H,15,16). The van der Waals surface area contributed by atoms with Gasteiger partial charge in [-0.3, -0.25) is 4.79 Å². The van der Waals surface area contributed by atoms with Gasteiger partial charge in [0.05, 0.1) is 24.3 Å². The summed E-state index contributed by atoms with van der Waals surface area (Å²) in [4.78, 5) is 11.5. The van der Waals surface area contributed by atoms with Gasteiger partial charge in [-0.15, -0.1) is 11.8 Å². The number of carbonyl (C=O) groups excluding carboxylic acids is 1. The Labute approximate surface area is 104 Å². The Balaban J connectivity index is 2.36. The maximum atomic E-state index is 11.5. The van der Waals surface area contributed by atoms with E-state index < -0.39 is 5.25 Å². The van der Waals surface area contributed by atoms with Gasteiger partial charge in [0.2, 0.25) is 5.91 Å². The Kier molecular flexibility index (Phi) is 5.63. The number of para-hydroxylation sites is 1. The molecule has 0 aliphatic carbocycles. The number of carbonyl (C=O) groups is 1. The van der Waals surface area contributed by atoms with E-state index in [1.807, 2.05) is 30.3 Å². The van der Waals surface area contributed by atoms with Crippen LogP contribution in [0.5, 0.6) is 0 Å². The van der Waals surface area contributed by atoms with Crippen molar-refractivity contribution in [1.29, 1.82) is 10.5 Å². The summed E-state index contributed by atoms with van der Waals surface area (Å²) in [5, 5.41) is 19.4. The topological polar surface area (TPSA) is 76.7 Å². The molecule has 1 amide bonds. The van der Waals surface area contributed by atoms with Gasteiger partial charge < -0.3 is 5.32 Å². The molecule has 1 unspecified atom stereocenters. The number of amides is 1. The largest absolute Gasteiger partial charge is 0.325 e. The van der Waals surface area contributed by atoms with Crippen molar-refractivity contribution in [2.45, 2.75) is 11.7 Å². The smallest absolute Gasteiger partial charge is 0.234 e. The third-order valence-corrected chi connectivity index (χ3v) is 3.00. The summed E-state index contributed by atoms with van der Waals surface area (Å²) in [6.07, 6.45) is 0.139. The number of hydrogen-bond acceptors (Lipinski definition) is 4. The van der Waals surface area contributed by atoms with Crippen molar-refractivity contribution in [2.75, 3.05) is 11.1 Å². The zero-order valence-electron chi connectivity index (χ0n) is 9.09. The summed E-state index contributed by atoms with van der Waals surface area (Å²) < 4.78 is 0. The summed E-state index contributed by atoms with van der Waals surface area (Å²) >= 11 is 1.18. The van der Waals surface area contributed by atoms with Crippen LogP contribution in [0.2, 0.25) is 0 Å². The van der Waals surface area contributed by atoms with Crippen LogP contribution in [-0.2, 0) is 4.79 Å².